The van der Waals surface area contributed by atoms with Crippen LogP contribution in [0.25, 0.3) is 0 Å². The topological polar surface area (TPSA) is 47.7 Å². The molecule has 3 rings (SSSR count). The van der Waals surface area contributed by atoms with Gasteiger partial charge in [-0.3, -0.25) is 4.90 Å². The van der Waals surface area contributed by atoms with Gasteiger partial charge in [0.05, 0.1) is 14.2 Å². The number of hydrogen-bond donors (Lipinski definition) is 1. The molecule has 0 radical (unpaired) electrons. The van der Waals surface area contributed by atoms with Crippen LogP contribution in [0.1, 0.15) is 37.3 Å². The molecule has 2 aliphatic rings. The van der Waals surface area contributed by atoms with Gasteiger partial charge in [0.25, 0.3) is 0 Å². The molecule has 2 atom stereocenters. The van der Waals surface area contributed by atoms with E-state index in [1.165, 1.54) is 37.8 Å². The van der Waals surface area contributed by atoms with Crippen molar-refractivity contribution in [2.24, 2.45) is 11.7 Å². The minimum absolute atomic E-state index is 0.386. The summed E-state index contributed by atoms with van der Waals surface area (Å²) >= 11 is 0. The van der Waals surface area contributed by atoms with Gasteiger partial charge in [-0.1, -0.05) is 6.07 Å². The van der Waals surface area contributed by atoms with Gasteiger partial charge in [0, 0.05) is 23.7 Å². The van der Waals surface area contributed by atoms with Crippen molar-refractivity contribution in [2.45, 2.75) is 37.8 Å². The molecule has 1 aromatic rings. The Morgan fingerprint density at radius 1 is 1.19 bits per heavy atom. The minimum Gasteiger partial charge on any atom is -0.497 e. The third kappa shape index (κ3) is 2.87. The molecule has 0 amide bonds. The monoisotopic (exact) mass is 290 g/mol. The molecule has 0 spiro atoms. The van der Waals surface area contributed by atoms with Gasteiger partial charge in [-0.25, -0.2) is 0 Å². The number of hydrogen-bond acceptors (Lipinski definition) is 4. The van der Waals surface area contributed by atoms with Crippen LogP contribution in [0.15, 0.2) is 18.2 Å². The number of piperidine rings is 1. The van der Waals surface area contributed by atoms with Crippen LogP contribution in [0.2, 0.25) is 0 Å². The third-order valence-corrected chi connectivity index (χ3v) is 4.87. The average Bonchev–Trinajstić information content (AvgIpc) is 3.38. The highest BCUT2D eigenvalue weighted by Crippen LogP contribution is 2.45. The highest BCUT2D eigenvalue weighted by atomic mass is 16.5. The standard InChI is InChI=1S/C17H26N2O2/c1-20-14-7-8-15(16(10-14)21-2)17-12(11-18)4-3-9-19(17)13-5-6-13/h7-8,10,12-13,17H,3-6,9,11,18H2,1-2H3. The summed E-state index contributed by atoms with van der Waals surface area (Å²) < 4.78 is 11.0. The van der Waals surface area contributed by atoms with Crippen LogP contribution in [0.5, 0.6) is 11.5 Å². The van der Waals surface area contributed by atoms with Crippen LogP contribution in [-0.2, 0) is 0 Å². The first-order chi connectivity index (χ1) is 10.3. The lowest BCUT2D eigenvalue weighted by Gasteiger charge is -2.42. The average molecular weight is 290 g/mol. The van der Waals surface area contributed by atoms with Crippen molar-refractivity contribution in [1.82, 2.24) is 4.90 Å². The highest BCUT2D eigenvalue weighted by molar-refractivity contribution is 5.43. The van der Waals surface area contributed by atoms with Gasteiger partial charge in [0.15, 0.2) is 0 Å². The van der Waals surface area contributed by atoms with Gasteiger partial charge in [0.1, 0.15) is 11.5 Å². The molecule has 1 saturated heterocycles. The van der Waals surface area contributed by atoms with E-state index in [0.717, 1.165) is 24.1 Å². The van der Waals surface area contributed by atoms with E-state index in [1.807, 2.05) is 12.1 Å². The van der Waals surface area contributed by atoms with Gasteiger partial charge in [-0.2, -0.15) is 0 Å². The number of ether oxygens (including phenoxy) is 2. The molecule has 2 N–H and O–H groups in total. The molecule has 1 saturated carbocycles. The Bertz CT molecular complexity index is 488. The van der Waals surface area contributed by atoms with Gasteiger partial charge in [0.2, 0.25) is 0 Å². The minimum atomic E-state index is 0.386. The molecule has 21 heavy (non-hydrogen) atoms. The molecule has 0 bridgehead atoms. The molecular formula is C17H26N2O2. The van der Waals surface area contributed by atoms with E-state index >= 15 is 0 Å². The van der Waals surface area contributed by atoms with Crippen molar-refractivity contribution in [1.29, 1.82) is 0 Å². The van der Waals surface area contributed by atoms with E-state index in [0.29, 0.717) is 12.0 Å². The number of benzene rings is 1. The first kappa shape index (κ1) is 14.7. The van der Waals surface area contributed by atoms with E-state index in [4.69, 9.17) is 15.2 Å². The Labute approximate surface area is 127 Å². The molecule has 116 valence electrons. The second-order valence-electron chi connectivity index (χ2n) is 6.16. The first-order valence-electron chi connectivity index (χ1n) is 7.96. The number of nitrogens with zero attached hydrogens (tertiary/aromatic N) is 1. The van der Waals surface area contributed by atoms with E-state index in [2.05, 4.69) is 11.0 Å². The number of nitrogens with two attached hydrogens (primary N) is 1. The summed E-state index contributed by atoms with van der Waals surface area (Å²) in [6.45, 7) is 1.92. The molecular weight excluding hydrogens is 264 g/mol. The Morgan fingerprint density at radius 3 is 2.62 bits per heavy atom. The van der Waals surface area contributed by atoms with Crippen molar-refractivity contribution in [3.8, 4) is 11.5 Å². The molecule has 0 aromatic heterocycles. The first-order valence-corrected chi connectivity index (χ1v) is 7.96. The van der Waals surface area contributed by atoms with Gasteiger partial charge < -0.3 is 15.2 Å². The zero-order valence-corrected chi connectivity index (χ0v) is 13.0. The van der Waals surface area contributed by atoms with Crippen molar-refractivity contribution < 1.29 is 9.47 Å². The zero-order chi connectivity index (χ0) is 14.8. The second kappa shape index (κ2) is 6.24. The fraction of sp³-hybridized carbons (Fsp3) is 0.647. The zero-order valence-electron chi connectivity index (χ0n) is 13.0. The lowest BCUT2D eigenvalue weighted by atomic mass is 9.84. The van der Waals surface area contributed by atoms with E-state index in [1.54, 1.807) is 14.2 Å². The third-order valence-electron chi connectivity index (χ3n) is 4.87. The van der Waals surface area contributed by atoms with Crippen molar-refractivity contribution in [2.75, 3.05) is 27.3 Å². The van der Waals surface area contributed by atoms with Crippen molar-refractivity contribution >= 4 is 0 Å². The highest BCUT2D eigenvalue weighted by Gasteiger charge is 2.41. The van der Waals surface area contributed by atoms with Gasteiger partial charge >= 0.3 is 0 Å². The Kier molecular flexibility index (Phi) is 4.36. The van der Waals surface area contributed by atoms with Crippen molar-refractivity contribution in [3.63, 3.8) is 0 Å². The molecule has 2 fully saturated rings. The Balaban J connectivity index is 1.97. The Morgan fingerprint density at radius 2 is 2.00 bits per heavy atom. The maximum absolute atomic E-state index is 6.07. The predicted molar refractivity (Wildman–Crippen MR) is 83.8 cm³/mol. The number of likely N-dealkylation sites (tertiary alicyclic amines) is 1. The molecule has 4 nitrogen and oxygen atoms in total. The normalized spacial score (nSPS) is 26.6. The maximum atomic E-state index is 6.07. The van der Waals surface area contributed by atoms with Crippen LogP contribution in [0.3, 0.4) is 0 Å². The summed E-state index contributed by atoms with van der Waals surface area (Å²) in [5.74, 6) is 2.28. The summed E-state index contributed by atoms with van der Waals surface area (Å²) in [7, 11) is 3.42. The van der Waals surface area contributed by atoms with Crippen molar-refractivity contribution in [3.05, 3.63) is 23.8 Å². The van der Waals surface area contributed by atoms with Crippen LogP contribution in [-0.4, -0.2) is 38.3 Å². The van der Waals surface area contributed by atoms with Crippen LogP contribution < -0.4 is 15.2 Å². The molecule has 1 aliphatic carbocycles. The molecule has 1 aromatic carbocycles. The lowest BCUT2D eigenvalue weighted by molar-refractivity contribution is 0.0859. The predicted octanol–water partition coefficient (Wildman–Crippen LogP) is 2.58. The fourth-order valence-electron chi connectivity index (χ4n) is 3.66. The lowest BCUT2D eigenvalue weighted by Crippen LogP contribution is -2.42. The summed E-state index contributed by atoms with van der Waals surface area (Å²) in [4.78, 5) is 2.66. The molecule has 1 heterocycles. The van der Waals surface area contributed by atoms with Crippen LogP contribution >= 0.6 is 0 Å². The Hall–Kier alpha value is -1.26. The van der Waals surface area contributed by atoms with E-state index in [-0.39, 0.29) is 0 Å². The van der Waals surface area contributed by atoms with Gasteiger partial charge in [-0.15, -0.1) is 0 Å². The van der Waals surface area contributed by atoms with E-state index < -0.39 is 0 Å². The van der Waals surface area contributed by atoms with E-state index in [9.17, 15) is 0 Å². The van der Waals surface area contributed by atoms with Crippen LogP contribution in [0, 0.1) is 5.92 Å². The summed E-state index contributed by atoms with van der Waals surface area (Å²) in [6.07, 6.45) is 5.12. The second-order valence-corrected chi connectivity index (χ2v) is 6.16. The summed E-state index contributed by atoms with van der Waals surface area (Å²) in [5, 5.41) is 0. The maximum Gasteiger partial charge on any atom is 0.127 e. The van der Waals surface area contributed by atoms with Gasteiger partial charge in [-0.05, 0) is 50.8 Å². The molecule has 1 aliphatic heterocycles. The number of rotatable bonds is 5. The SMILES string of the molecule is COc1ccc(C2C(CN)CCCN2C2CC2)c(OC)c1. The smallest absolute Gasteiger partial charge is 0.127 e. The number of methoxy groups -OCH3 is 2. The van der Waals surface area contributed by atoms with Crippen LogP contribution in [0.4, 0.5) is 0 Å². The molecule has 4 heteroatoms. The summed E-state index contributed by atoms with van der Waals surface area (Å²) in [6, 6.07) is 7.31. The quantitative estimate of drug-likeness (QED) is 0.905. The summed E-state index contributed by atoms with van der Waals surface area (Å²) in [5.41, 5.74) is 7.33. The fourth-order valence-corrected chi connectivity index (χ4v) is 3.66. The largest absolute Gasteiger partial charge is 0.497 e. The molecule has 2 unspecified atom stereocenters.